The molecule has 30 aliphatic heterocycles. The van der Waals surface area contributed by atoms with Crippen molar-refractivity contribution in [3.05, 3.63) is 36.4 Å². The minimum atomic E-state index is -4.96. The molecule has 2 aromatic carbocycles. The van der Waals surface area contributed by atoms with Crippen molar-refractivity contribution in [2.45, 2.75) is 251 Å². The van der Waals surface area contributed by atoms with Gasteiger partial charge in [-0.25, -0.2) is 8.42 Å². The molecular formula is C58H85NaO43S. The topological polar surface area (TPSA) is 679 Å². The summed E-state index contributed by atoms with van der Waals surface area (Å²) in [6, 6.07) is 7.56. The fourth-order valence-electron chi connectivity index (χ4n) is 13.5. The van der Waals surface area contributed by atoms with E-state index in [-0.39, 0.29) is 40.7 Å². The maximum Gasteiger partial charge on any atom is 1.00 e. The first-order chi connectivity index (χ1) is 48.5. The summed E-state index contributed by atoms with van der Waals surface area (Å²) in [5.41, 5.74) is 0. The van der Waals surface area contributed by atoms with Gasteiger partial charge in [0.15, 0.2) is 50.3 Å². The number of hydrogen-bond donors (Lipinski definition) is 23. The molecule has 30 saturated heterocycles. The molecule has 30 aliphatic rings. The Morgan fingerprint density at radius 1 is 0.282 bits per heavy atom. The molecule has 43 nitrogen and oxygen atoms in total. The second-order valence-corrected chi connectivity index (χ2v) is 27.1. The first kappa shape index (κ1) is 83.3. The molecule has 2 aromatic rings. The SMILES string of the molecule is O=S(=O)([O-])c1ccc2ccc(OC[C@H]3O[C@@H]4O[C@H]5[C@H](O)[C@@H](O)[C@@H](O[C@H]6[C@H](O)[C@@H](O)[C@@H](O[C@H]7[C@H](O)[C@@H](O)[C@@H](O[C@H]8[C@H](O)[C@@H](O)[C@@H](O[C@H]9[C@H](O)[C@@H](O)[C@@H](O[C@H]%10[C@H](O)[C@@H](O)[C@@H](O[C@H]%11[C@H](O)[C@@H](O)[C@@H](O[C@H]3[C@H](O)[C@H]4O)O[C@@H]%11CO)O[C@@H]%10CO)O[C@@H]9CO)O[C@@H]8CO)O[C@@H]7CO)O[C@@H]6CO)O[C@@H]5CO)cc2c1.[Na+]. The molecular weight excluding hydrogens is 1440 g/mol. The summed E-state index contributed by atoms with van der Waals surface area (Å²) in [6.45, 7) is -8.60. The summed E-state index contributed by atoms with van der Waals surface area (Å²) in [5, 5.41) is 260. The molecule has 30 heterocycles. The normalized spacial score (nSPS) is 49.0. The Morgan fingerprint density at radius 3 is 0.699 bits per heavy atom. The molecule has 0 amide bonds. The van der Waals surface area contributed by atoms with Crippen LogP contribution in [0.25, 0.3) is 10.8 Å². The number of rotatable bonds is 11. The molecule has 103 heavy (non-hydrogen) atoms. The van der Waals surface area contributed by atoms with E-state index in [1.807, 2.05) is 0 Å². The van der Waals surface area contributed by atoms with Crippen molar-refractivity contribution in [2.24, 2.45) is 0 Å². The zero-order chi connectivity index (χ0) is 73.8. The van der Waals surface area contributed by atoms with E-state index in [4.69, 9.17) is 80.5 Å². The van der Waals surface area contributed by atoms with Gasteiger partial charge >= 0.3 is 29.6 Å². The third-order valence-corrected chi connectivity index (χ3v) is 20.0. The number of benzene rings is 2. The minimum absolute atomic E-state index is 0. The van der Waals surface area contributed by atoms with Crippen LogP contribution in [0.5, 0.6) is 5.75 Å². The van der Waals surface area contributed by atoms with Gasteiger partial charge in [0.1, 0.15) is 218 Å². The molecule has 30 fully saturated rings. The van der Waals surface area contributed by atoms with E-state index in [0.29, 0.717) is 5.39 Å². The smallest absolute Gasteiger partial charge is 0.744 e. The predicted molar refractivity (Wildman–Crippen MR) is 311 cm³/mol. The fourth-order valence-corrected chi connectivity index (χ4v) is 14.0. The van der Waals surface area contributed by atoms with Gasteiger partial charge < -0.3 is 203 Å². The first-order valence-electron chi connectivity index (χ1n) is 32.2. The van der Waals surface area contributed by atoms with Crippen LogP contribution in [0, 0.1) is 0 Å². The molecule has 0 unspecified atom stereocenters. The Kier molecular flexibility index (Phi) is 28.4. The van der Waals surface area contributed by atoms with E-state index in [9.17, 15) is 130 Å². The van der Waals surface area contributed by atoms with Crippen molar-refractivity contribution in [1.82, 2.24) is 0 Å². The van der Waals surface area contributed by atoms with Gasteiger partial charge in [-0.1, -0.05) is 12.1 Å². The van der Waals surface area contributed by atoms with Gasteiger partial charge in [0, 0.05) is 0 Å². The van der Waals surface area contributed by atoms with E-state index in [2.05, 4.69) is 0 Å². The van der Waals surface area contributed by atoms with Gasteiger partial charge in [-0.3, -0.25) is 0 Å². The predicted octanol–water partition coefficient (Wildman–Crippen LogP) is -18.3. The summed E-state index contributed by atoms with van der Waals surface area (Å²) in [4.78, 5) is -0.609. The number of hydrogen-bond acceptors (Lipinski definition) is 43. The molecule has 45 heteroatoms. The molecule has 0 aromatic heterocycles. The van der Waals surface area contributed by atoms with Crippen LogP contribution in [0.3, 0.4) is 0 Å². The molecule has 16 bridgehead atoms. The third-order valence-electron chi connectivity index (χ3n) is 19.2. The van der Waals surface area contributed by atoms with E-state index >= 15 is 0 Å². The van der Waals surface area contributed by atoms with Crippen molar-refractivity contribution in [3.8, 4) is 5.75 Å². The maximum atomic E-state index is 12.0. The van der Waals surface area contributed by atoms with Crippen LogP contribution < -0.4 is 34.3 Å². The molecule has 0 spiro atoms. The number of aliphatic hydroxyl groups is 23. The van der Waals surface area contributed by atoms with Crippen molar-refractivity contribution in [1.29, 1.82) is 0 Å². The summed E-state index contributed by atoms with van der Waals surface area (Å²) in [7, 11) is -4.96. The van der Waals surface area contributed by atoms with Crippen LogP contribution in [-0.2, 0) is 85.9 Å². The second-order valence-electron chi connectivity index (χ2n) is 25.7. The van der Waals surface area contributed by atoms with E-state index < -0.39 is 314 Å². The maximum absolute atomic E-state index is 12.0. The van der Waals surface area contributed by atoms with E-state index in [1.165, 1.54) is 24.3 Å². The Morgan fingerprint density at radius 2 is 0.485 bits per heavy atom. The molecule has 0 saturated carbocycles. The van der Waals surface area contributed by atoms with Crippen LogP contribution in [0.1, 0.15) is 0 Å². The summed E-state index contributed by atoms with van der Waals surface area (Å²) in [5.74, 6) is -0.0776. The molecule has 0 aliphatic carbocycles. The first-order valence-corrected chi connectivity index (χ1v) is 33.7. The van der Waals surface area contributed by atoms with Crippen molar-refractivity contribution < 1.29 is 241 Å². The van der Waals surface area contributed by atoms with Gasteiger partial charge in [-0.15, -0.1) is 0 Å². The second kappa shape index (κ2) is 35.0. The van der Waals surface area contributed by atoms with Gasteiger partial charge in [0.2, 0.25) is 0 Å². The van der Waals surface area contributed by atoms with E-state index in [1.54, 1.807) is 0 Å². The molecule has 23 N–H and O–H groups in total. The summed E-state index contributed by atoms with van der Waals surface area (Å²) in [6.07, 6.45) is -84.0. The summed E-state index contributed by atoms with van der Waals surface area (Å²) >= 11 is 0. The number of ether oxygens (including phenoxy) is 17. The minimum Gasteiger partial charge on any atom is -0.744 e. The molecule has 582 valence electrons. The van der Waals surface area contributed by atoms with Crippen molar-refractivity contribution in [3.63, 3.8) is 0 Å². The van der Waals surface area contributed by atoms with E-state index in [0.717, 1.165) is 12.1 Å². The van der Waals surface area contributed by atoms with Gasteiger partial charge in [0.05, 0.1) is 51.1 Å². The van der Waals surface area contributed by atoms with Crippen LogP contribution in [0.15, 0.2) is 41.3 Å². The summed E-state index contributed by atoms with van der Waals surface area (Å²) < 4.78 is 135. The average Bonchev–Trinajstić information content (AvgIpc) is 0.775. The van der Waals surface area contributed by atoms with Crippen LogP contribution in [-0.4, -0.2) is 429 Å². The number of aliphatic hydroxyl groups excluding tert-OH is 23. The van der Waals surface area contributed by atoms with Crippen molar-refractivity contribution >= 4 is 20.9 Å². The van der Waals surface area contributed by atoms with Gasteiger partial charge in [-0.05, 0) is 35.0 Å². The fraction of sp³-hybridized carbons (Fsp3) is 0.828. The molecule has 40 atom stereocenters. The standard InChI is InChI=1S/C58H86O43S.Na/c59-7-19-43-27(66)35(74)51(86-19)95-44-20(8-60)88-53(37(76)29(44)68)97-46-22(10-62)90-55(39(78)31(46)70)99-48-24(12-64)92-57(41(80)33(48)72)101-50-26(14-85-17-3-1-15-2-4-18(102(82,83)84)6-16(15)5-17)93-58(42(81)34(50)73)100-49-25(13-65)91-56(40(79)32(49)71)98-47-23(11-63)89-54(38(77)30(47)69)96-45-21(9-61)87-52(94-43)36(75)28(45)67;/h1-6,19-81H,7-14H2,(H,82,83,84);/q;+1/p-1/t19-,20-,21-,22-,23-,24-,25-,26-,27-,28-,29-,30-,31-,32-,33-,34-,35-,36-,37-,38-,39-,40-,41-,42-,43-,44-,45-,46-,47-,48-,49-,50-,51-,52-,53-,54-,55-,56-,57-,58-;/m1./s1. The Balaban J connectivity index is 0.0000114. The zero-order valence-electron chi connectivity index (χ0n) is 54.1. The Bertz CT molecular complexity index is 3120. The van der Waals surface area contributed by atoms with Gasteiger partial charge in [0.25, 0.3) is 0 Å². The van der Waals surface area contributed by atoms with Crippen molar-refractivity contribution in [2.75, 3.05) is 52.9 Å². The quantitative estimate of drug-likeness (QED) is 0.0734. The zero-order valence-corrected chi connectivity index (χ0v) is 56.9. The Hall–Kier alpha value is -2.15. The average molecular weight is 1530 g/mol. The van der Waals surface area contributed by atoms with Crippen LogP contribution >= 0.6 is 0 Å². The number of fused-ring (bicyclic) bond motifs is 1. The van der Waals surface area contributed by atoms with Gasteiger partial charge in [-0.2, -0.15) is 0 Å². The molecule has 32 rings (SSSR count). The monoisotopic (exact) mass is 1520 g/mol. The third kappa shape index (κ3) is 17.0. The molecule has 0 radical (unpaired) electrons. The Labute approximate surface area is 604 Å². The van der Waals surface area contributed by atoms with Crippen LogP contribution in [0.2, 0.25) is 0 Å². The largest absolute Gasteiger partial charge is 1.00 e. The van der Waals surface area contributed by atoms with Crippen LogP contribution in [0.4, 0.5) is 0 Å².